The van der Waals surface area contributed by atoms with E-state index in [0.717, 1.165) is 37.5 Å². The molecule has 1 heterocycles. The number of fused-ring (bicyclic) bond motifs is 1. The van der Waals surface area contributed by atoms with Gasteiger partial charge >= 0.3 is 0 Å². The second-order valence-electron chi connectivity index (χ2n) is 7.48. The minimum absolute atomic E-state index is 0.0272. The molecule has 0 aromatic heterocycles. The SMILES string of the molecule is O[C@@H](CN[C@@H]1CC2(CCC2)Oc2ccccc21)COCC1CC1. The molecule has 0 radical (unpaired) electrons. The van der Waals surface area contributed by atoms with Crippen LogP contribution in [0.25, 0.3) is 0 Å². The summed E-state index contributed by atoms with van der Waals surface area (Å²) in [6.07, 6.45) is 6.68. The number of hydrogen-bond donors (Lipinski definition) is 2. The van der Waals surface area contributed by atoms with Crippen molar-refractivity contribution < 1.29 is 14.6 Å². The zero-order valence-corrected chi connectivity index (χ0v) is 13.7. The maximum absolute atomic E-state index is 10.1. The van der Waals surface area contributed by atoms with Crippen molar-refractivity contribution in [1.82, 2.24) is 5.32 Å². The smallest absolute Gasteiger partial charge is 0.124 e. The molecule has 126 valence electrons. The van der Waals surface area contributed by atoms with E-state index in [1.807, 2.05) is 6.07 Å². The Balaban J connectivity index is 1.33. The van der Waals surface area contributed by atoms with Gasteiger partial charge in [0.2, 0.25) is 0 Å². The highest BCUT2D eigenvalue weighted by atomic mass is 16.5. The lowest BCUT2D eigenvalue weighted by atomic mass is 9.73. The van der Waals surface area contributed by atoms with Crippen LogP contribution in [0.4, 0.5) is 0 Å². The summed E-state index contributed by atoms with van der Waals surface area (Å²) in [7, 11) is 0. The molecule has 3 aliphatic rings. The molecular formula is C19H27NO3. The average molecular weight is 317 g/mol. The first-order valence-electron chi connectivity index (χ1n) is 9.01. The molecule has 1 aliphatic heterocycles. The summed E-state index contributed by atoms with van der Waals surface area (Å²) in [5, 5.41) is 13.7. The van der Waals surface area contributed by atoms with Gasteiger partial charge in [-0.15, -0.1) is 0 Å². The molecule has 0 saturated heterocycles. The van der Waals surface area contributed by atoms with Crippen molar-refractivity contribution in [2.45, 2.75) is 56.3 Å². The highest BCUT2D eigenvalue weighted by Crippen LogP contribution is 2.48. The Bertz CT molecular complexity index is 539. The van der Waals surface area contributed by atoms with Gasteiger partial charge in [0.05, 0.1) is 12.7 Å². The van der Waals surface area contributed by atoms with Crippen LogP contribution in [-0.4, -0.2) is 36.6 Å². The molecule has 2 fully saturated rings. The predicted molar refractivity (Wildman–Crippen MR) is 88.6 cm³/mol. The molecule has 0 bridgehead atoms. The first-order valence-corrected chi connectivity index (χ1v) is 9.01. The number of ether oxygens (including phenoxy) is 2. The molecule has 1 aromatic rings. The Morgan fingerprint density at radius 2 is 2.13 bits per heavy atom. The fourth-order valence-corrected chi connectivity index (χ4v) is 3.67. The van der Waals surface area contributed by atoms with Crippen LogP contribution < -0.4 is 10.1 Å². The Hall–Kier alpha value is -1.10. The summed E-state index contributed by atoms with van der Waals surface area (Å²) in [6.45, 7) is 1.81. The van der Waals surface area contributed by atoms with Gasteiger partial charge < -0.3 is 19.9 Å². The molecule has 23 heavy (non-hydrogen) atoms. The number of para-hydroxylation sites is 1. The van der Waals surface area contributed by atoms with E-state index in [1.165, 1.54) is 24.8 Å². The maximum atomic E-state index is 10.1. The summed E-state index contributed by atoms with van der Waals surface area (Å²) < 4.78 is 11.9. The second kappa shape index (κ2) is 6.42. The van der Waals surface area contributed by atoms with Gasteiger partial charge in [0.1, 0.15) is 11.4 Å². The molecule has 2 N–H and O–H groups in total. The third-order valence-corrected chi connectivity index (χ3v) is 5.42. The molecule has 4 rings (SSSR count). The van der Waals surface area contributed by atoms with Gasteiger partial charge in [0.15, 0.2) is 0 Å². The summed E-state index contributed by atoms with van der Waals surface area (Å²) in [4.78, 5) is 0. The van der Waals surface area contributed by atoms with Crippen molar-refractivity contribution in [3.63, 3.8) is 0 Å². The van der Waals surface area contributed by atoms with Crippen LogP contribution in [0.15, 0.2) is 24.3 Å². The van der Waals surface area contributed by atoms with Crippen LogP contribution in [0.2, 0.25) is 0 Å². The fourth-order valence-electron chi connectivity index (χ4n) is 3.67. The molecule has 2 saturated carbocycles. The molecule has 0 unspecified atom stereocenters. The Morgan fingerprint density at radius 3 is 2.87 bits per heavy atom. The lowest BCUT2D eigenvalue weighted by Gasteiger charge is -2.48. The Morgan fingerprint density at radius 1 is 1.30 bits per heavy atom. The van der Waals surface area contributed by atoms with Gasteiger partial charge in [-0.3, -0.25) is 0 Å². The molecule has 2 aliphatic carbocycles. The van der Waals surface area contributed by atoms with Crippen LogP contribution in [0.1, 0.15) is 50.1 Å². The van der Waals surface area contributed by atoms with Crippen LogP contribution in [0, 0.1) is 5.92 Å². The topological polar surface area (TPSA) is 50.7 Å². The van der Waals surface area contributed by atoms with Crippen molar-refractivity contribution in [3.05, 3.63) is 29.8 Å². The highest BCUT2D eigenvalue weighted by Gasteiger charge is 2.45. The van der Waals surface area contributed by atoms with Gasteiger partial charge in [-0.1, -0.05) is 18.2 Å². The van der Waals surface area contributed by atoms with Crippen LogP contribution in [0.3, 0.4) is 0 Å². The molecule has 4 heteroatoms. The van der Waals surface area contributed by atoms with Crippen molar-refractivity contribution >= 4 is 0 Å². The number of nitrogens with one attached hydrogen (secondary N) is 1. The molecule has 2 atom stereocenters. The van der Waals surface area contributed by atoms with Crippen LogP contribution in [-0.2, 0) is 4.74 Å². The summed E-state index contributed by atoms with van der Waals surface area (Å²) >= 11 is 0. The minimum Gasteiger partial charge on any atom is -0.487 e. The van der Waals surface area contributed by atoms with Crippen molar-refractivity contribution in [1.29, 1.82) is 0 Å². The normalized spacial score (nSPS) is 26.2. The minimum atomic E-state index is -0.443. The number of aliphatic hydroxyl groups is 1. The van der Waals surface area contributed by atoms with Crippen molar-refractivity contribution in [2.24, 2.45) is 5.92 Å². The van der Waals surface area contributed by atoms with E-state index >= 15 is 0 Å². The van der Waals surface area contributed by atoms with E-state index in [2.05, 4.69) is 23.5 Å². The predicted octanol–water partition coefficient (Wildman–Crippen LogP) is 2.81. The van der Waals surface area contributed by atoms with Gasteiger partial charge in [0, 0.05) is 31.2 Å². The zero-order valence-electron chi connectivity index (χ0n) is 13.7. The molecular weight excluding hydrogens is 290 g/mol. The molecule has 0 amide bonds. The highest BCUT2D eigenvalue weighted by molar-refractivity contribution is 5.39. The summed E-state index contributed by atoms with van der Waals surface area (Å²) in [5.74, 6) is 1.76. The van der Waals surface area contributed by atoms with E-state index in [-0.39, 0.29) is 11.6 Å². The molecule has 1 spiro atoms. The molecule has 4 nitrogen and oxygen atoms in total. The Labute approximate surface area is 138 Å². The van der Waals surface area contributed by atoms with Crippen molar-refractivity contribution in [3.8, 4) is 5.75 Å². The van der Waals surface area contributed by atoms with E-state index in [9.17, 15) is 5.11 Å². The van der Waals surface area contributed by atoms with Gasteiger partial charge in [-0.05, 0) is 44.1 Å². The third kappa shape index (κ3) is 3.54. The molecule has 1 aromatic carbocycles. The summed E-state index contributed by atoms with van der Waals surface area (Å²) in [6, 6.07) is 8.56. The van der Waals surface area contributed by atoms with E-state index < -0.39 is 6.10 Å². The van der Waals surface area contributed by atoms with Gasteiger partial charge in [-0.25, -0.2) is 0 Å². The third-order valence-electron chi connectivity index (χ3n) is 5.42. The maximum Gasteiger partial charge on any atom is 0.124 e. The average Bonchev–Trinajstić information content (AvgIpc) is 3.35. The van der Waals surface area contributed by atoms with E-state index in [1.54, 1.807) is 0 Å². The quantitative estimate of drug-likeness (QED) is 0.812. The monoisotopic (exact) mass is 317 g/mol. The number of benzene rings is 1. The van der Waals surface area contributed by atoms with E-state index in [0.29, 0.717) is 13.2 Å². The van der Waals surface area contributed by atoms with Crippen molar-refractivity contribution in [2.75, 3.05) is 19.8 Å². The Kier molecular flexibility index (Phi) is 4.31. The number of hydrogen-bond acceptors (Lipinski definition) is 4. The first kappa shape index (κ1) is 15.4. The lowest BCUT2D eigenvalue weighted by Crippen LogP contribution is -2.49. The standard InChI is InChI=1S/C19H27NO3/c21-15(13-22-12-14-6-7-14)11-20-17-10-19(8-3-9-19)23-18-5-2-1-4-16(17)18/h1-2,4-5,14-15,17,20-21H,3,6-13H2/t15-,17+/m0/s1. The summed E-state index contributed by atoms with van der Waals surface area (Å²) in [5.41, 5.74) is 1.25. The lowest BCUT2D eigenvalue weighted by molar-refractivity contribution is -0.0391. The first-order chi connectivity index (χ1) is 11.2. The van der Waals surface area contributed by atoms with Gasteiger partial charge in [-0.2, -0.15) is 0 Å². The zero-order chi connectivity index (χ0) is 15.7. The van der Waals surface area contributed by atoms with Crippen LogP contribution in [0.5, 0.6) is 5.75 Å². The van der Waals surface area contributed by atoms with E-state index in [4.69, 9.17) is 9.47 Å². The number of rotatable bonds is 7. The van der Waals surface area contributed by atoms with Gasteiger partial charge in [0.25, 0.3) is 0 Å². The largest absolute Gasteiger partial charge is 0.487 e. The number of aliphatic hydroxyl groups excluding tert-OH is 1. The van der Waals surface area contributed by atoms with Crippen LogP contribution >= 0.6 is 0 Å². The fraction of sp³-hybridized carbons (Fsp3) is 0.684. The second-order valence-corrected chi connectivity index (χ2v) is 7.48.